The third-order valence-electron chi connectivity index (χ3n) is 6.17. The summed E-state index contributed by atoms with van der Waals surface area (Å²) in [5.41, 5.74) is 3.50. The highest BCUT2D eigenvalue weighted by atomic mass is 16.2. The van der Waals surface area contributed by atoms with Crippen LogP contribution in [0.15, 0.2) is 48.5 Å². The lowest BCUT2D eigenvalue weighted by Gasteiger charge is -2.36. The first-order valence-corrected chi connectivity index (χ1v) is 11.8. The quantitative estimate of drug-likeness (QED) is 0.557. The highest BCUT2D eigenvalue weighted by molar-refractivity contribution is 5.96. The molecule has 0 radical (unpaired) electrons. The molecule has 1 aliphatic rings. The van der Waals surface area contributed by atoms with E-state index < -0.39 is 0 Å². The number of carbonyl (C=O) groups excluding carboxylic acids is 3. The summed E-state index contributed by atoms with van der Waals surface area (Å²) in [5, 5.41) is 8.67. The molecule has 3 N–H and O–H groups in total. The zero-order chi connectivity index (χ0) is 24.5. The molecule has 4 amide bonds. The SMILES string of the molecule is Cc1cccc(C)c1NC(=O)CN(C)C(=O)CN1CCCCC1CNC(=O)Nc1ccccc1. The third kappa shape index (κ3) is 7.31. The standard InChI is InChI=1S/C26H35N5O3/c1-19-10-9-11-20(2)25(19)29-23(32)17-30(3)24(33)18-31-15-8-7-14-22(31)16-27-26(34)28-21-12-5-4-6-13-21/h4-6,9-13,22H,7-8,14-18H2,1-3H3,(H,29,32)(H2,27,28,34). The molecule has 1 heterocycles. The van der Waals surface area contributed by atoms with Crippen molar-refractivity contribution in [3.8, 4) is 0 Å². The maximum Gasteiger partial charge on any atom is 0.319 e. The smallest absolute Gasteiger partial charge is 0.319 e. The minimum atomic E-state index is -0.261. The predicted molar refractivity (Wildman–Crippen MR) is 135 cm³/mol. The molecule has 2 aromatic carbocycles. The fourth-order valence-corrected chi connectivity index (χ4v) is 4.20. The fraction of sp³-hybridized carbons (Fsp3) is 0.423. The molecule has 182 valence electrons. The van der Waals surface area contributed by atoms with Gasteiger partial charge in [0.15, 0.2) is 0 Å². The number of likely N-dealkylation sites (N-methyl/N-ethyl adjacent to an activating group) is 1. The molecule has 8 heteroatoms. The number of nitrogens with zero attached hydrogens (tertiary/aromatic N) is 2. The van der Waals surface area contributed by atoms with Crippen molar-refractivity contribution in [2.75, 3.05) is 43.9 Å². The summed E-state index contributed by atoms with van der Waals surface area (Å²) in [6, 6.07) is 14.9. The summed E-state index contributed by atoms with van der Waals surface area (Å²) >= 11 is 0. The zero-order valence-corrected chi connectivity index (χ0v) is 20.3. The number of para-hydroxylation sites is 2. The van der Waals surface area contributed by atoms with Crippen LogP contribution < -0.4 is 16.0 Å². The van der Waals surface area contributed by atoms with Crippen LogP contribution in [0.3, 0.4) is 0 Å². The summed E-state index contributed by atoms with van der Waals surface area (Å²) in [7, 11) is 1.65. The average Bonchev–Trinajstić information content (AvgIpc) is 2.81. The normalized spacial score (nSPS) is 15.9. The molecule has 2 aromatic rings. The van der Waals surface area contributed by atoms with E-state index in [1.54, 1.807) is 7.05 Å². The Hall–Kier alpha value is -3.39. The number of likely N-dealkylation sites (tertiary alicyclic amines) is 1. The van der Waals surface area contributed by atoms with Gasteiger partial charge in [-0.2, -0.15) is 0 Å². The molecule has 0 bridgehead atoms. The molecule has 0 aromatic heterocycles. The van der Waals surface area contributed by atoms with Crippen molar-refractivity contribution < 1.29 is 14.4 Å². The molecule has 1 saturated heterocycles. The molecule has 34 heavy (non-hydrogen) atoms. The maximum atomic E-state index is 12.9. The van der Waals surface area contributed by atoms with Crippen molar-refractivity contribution in [2.45, 2.75) is 39.2 Å². The van der Waals surface area contributed by atoms with Crippen molar-refractivity contribution in [3.05, 3.63) is 59.7 Å². The number of amides is 4. The number of urea groups is 1. The van der Waals surface area contributed by atoms with E-state index in [9.17, 15) is 14.4 Å². The third-order valence-corrected chi connectivity index (χ3v) is 6.17. The minimum absolute atomic E-state index is 0.0111. The Kier molecular flexibility index (Phi) is 9.04. The van der Waals surface area contributed by atoms with Gasteiger partial charge in [-0.05, 0) is 56.5 Å². The fourth-order valence-electron chi connectivity index (χ4n) is 4.20. The van der Waals surface area contributed by atoms with Crippen molar-refractivity contribution >= 4 is 29.2 Å². The van der Waals surface area contributed by atoms with Gasteiger partial charge in [0.25, 0.3) is 0 Å². The van der Waals surface area contributed by atoms with Gasteiger partial charge in [-0.1, -0.05) is 42.8 Å². The van der Waals surface area contributed by atoms with Gasteiger partial charge in [-0.25, -0.2) is 4.79 Å². The van der Waals surface area contributed by atoms with Gasteiger partial charge in [-0.15, -0.1) is 0 Å². The van der Waals surface area contributed by atoms with Crippen LogP contribution in [-0.4, -0.2) is 66.9 Å². The summed E-state index contributed by atoms with van der Waals surface area (Å²) in [6.07, 6.45) is 2.98. The van der Waals surface area contributed by atoms with E-state index >= 15 is 0 Å². The number of piperidine rings is 1. The number of rotatable bonds is 8. The van der Waals surface area contributed by atoms with Crippen molar-refractivity contribution in [2.24, 2.45) is 0 Å². The molecule has 1 fully saturated rings. The van der Waals surface area contributed by atoms with E-state index in [0.717, 1.165) is 48.3 Å². The number of anilines is 2. The number of hydrogen-bond donors (Lipinski definition) is 3. The monoisotopic (exact) mass is 465 g/mol. The number of carbonyl (C=O) groups is 3. The second kappa shape index (κ2) is 12.2. The van der Waals surface area contributed by atoms with Crippen LogP contribution in [-0.2, 0) is 9.59 Å². The van der Waals surface area contributed by atoms with Gasteiger partial charge in [0, 0.05) is 31.0 Å². The molecular weight excluding hydrogens is 430 g/mol. The molecular formula is C26H35N5O3. The number of hydrogen-bond acceptors (Lipinski definition) is 4. The molecule has 1 atom stereocenters. The highest BCUT2D eigenvalue weighted by Gasteiger charge is 2.26. The summed E-state index contributed by atoms with van der Waals surface area (Å²) in [6.45, 7) is 5.36. The minimum Gasteiger partial charge on any atom is -0.336 e. The van der Waals surface area contributed by atoms with Crippen molar-refractivity contribution in [1.29, 1.82) is 0 Å². The Balaban J connectivity index is 1.48. The lowest BCUT2D eigenvalue weighted by Crippen LogP contribution is -2.51. The van der Waals surface area contributed by atoms with Gasteiger partial charge in [0.1, 0.15) is 0 Å². The number of nitrogens with one attached hydrogen (secondary N) is 3. The largest absolute Gasteiger partial charge is 0.336 e. The first-order valence-electron chi connectivity index (χ1n) is 11.8. The summed E-state index contributed by atoms with van der Waals surface area (Å²) in [4.78, 5) is 41.2. The molecule has 8 nitrogen and oxygen atoms in total. The van der Waals surface area contributed by atoms with E-state index in [4.69, 9.17) is 0 Å². The first-order chi connectivity index (χ1) is 16.3. The number of benzene rings is 2. The second-order valence-corrected chi connectivity index (χ2v) is 8.89. The van der Waals surface area contributed by atoms with E-state index in [1.165, 1.54) is 4.90 Å². The topological polar surface area (TPSA) is 93.8 Å². The maximum absolute atomic E-state index is 12.9. The van der Waals surface area contributed by atoms with E-state index in [0.29, 0.717) is 6.54 Å². The molecule has 0 saturated carbocycles. The van der Waals surface area contributed by atoms with Gasteiger partial charge in [0.2, 0.25) is 11.8 Å². The van der Waals surface area contributed by atoms with E-state index in [1.807, 2.05) is 62.4 Å². The first kappa shape index (κ1) is 25.2. The van der Waals surface area contributed by atoms with Crippen LogP contribution in [0.1, 0.15) is 30.4 Å². The van der Waals surface area contributed by atoms with Gasteiger partial charge in [-0.3, -0.25) is 14.5 Å². The molecule has 1 unspecified atom stereocenters. The van der Waals surface area contributed by atoms with Crippen LogP contribution in [0.2, 0.25) is 0 Å². The lowest BCUT2D eigenvalue weighted by molar-refractivity contribution is -0.135. The van der Waals surface area contributed by atoms with Crippen LogP contribution in [0.4, 0.5) is 16.2 Å². The lowest BCUT2D eigenvalue weighted by atomic mass is 10.0. The second-order valence-electron chi connectivity index (χ2n) is 8.89. The Bertz CT molecular complexity index is 975. The zero-order valence-electron chi connectivity index (χ0n) is 20.3. The summed E-state index contributed by atoms with van der Waals surface area (Å²) in [5.74, 6) is -0.333. The molecule has 3 rings (SSSR count). The van der Waals surface area contributed by atoms with Crippen molar-refractivity contribution in [1.82, 2.24) is 15.1 Å². The molecule has 0 aliphatic carbocycles. The van der Waals surface area contributed by atoms with E-state index in [2.05, 4.69) is 20.9 Å². The van der Waals surface area contributed by atoms with Gasteiger partial charge in [0.05, 0.1) is 13.1 Å². The van der Waals surface area contributed by atoms with E-state index in [-0.39, 0.29) is 37.0 Å². The Labute approximate surface area is 201 Å². The van der Waals surface area contributed by atoms with Crippen LogP contribution in [0.5, 0.6) is 0 Å². The Morgan fingerprint density at radius 3 is 2.38 bits per heavy atom. The predicted octanol–water partition coefficient (Wildman–Crippen LogP) is 3.38. The summed E-state index contributed by atoms with van der Waals surface area (Å²) < 4.78 is 0. The highest BCUT2D eigenvalue weighted by Crippen LogP contribution is 2.19. The van der Waals surface area contributed by atoms with Crippen LogP contribution >= 0.6 is 0 Å². The van der Waals surface area contributed by atoms with Gasteiger partial charge < -0.3 is 20.9 Å². The Morgan fingerprint density at radius 2 is 1.68 bits per heavy atom. The van der Waals surface area contributed by atoms with Crippen LogP contribution in [0, 0.1) is 13.8 Å². The van der Waals surface area contributed by atoms with Crippen molar-refractivity contribution in [3.63, 3.8) is 0 Å². The average molecular weight is 466 g/mol. The molecule has 0 spiro atoms. The number of aryl methyl sites for hydroxylation is 2. The Morgan fingerprint density at radius 1 is 0.971 bits per heavy atom. The van der Waals surface area contributed by atoms with Crippen LogP contribution in [0.25, 0.3) is 0 Å². The molecule has 1 aliphatic heterocycles. The van der Waals surface area contributed by atoms with Gasteiger partial charge >= 0.3 is 6.03 Å².